The molecule has 1 aliphatic heterocycles. The minimum Gasteiger partial charge on any atom is -0.495 e. The molecule has 0 saturated heterocycles. The summed E-state index contributed by atoms with van der Waals surface area (Å²) >= 11 is 12.8. The molecule has 144 valence electrons. The number of hydrogen-bond donors (Lipinski definition) is 0. The van der Waals surface area contributed by atoms with Crippen LogP contribution in [0.25, 0.3) is 11.0 Å². The third kappa shape index (κ3) is 2.65. The van der Waals surface area contributed by atoms with Gasteiger partial charge in [0, 0.05) is 16.6 Å². The van der Waals surface area contributed by atoms with E-state index in [0.717, 1.165) is 47.0 Å². The molecule has 0 unspecified atom stereocenters. The maximum atomic E-state index is 12.5. The molecule has 0 fully saturated rings. The van der Waals surface area contributed by atoms with E-state index in [1.165, 1.54) is 0 Å². The molecule has 0 amide bonds. The molecule has 0 spiro atoms. The molecule has 0 saturated carbocycles. The summed E-state index contributed by atoms with van der Waals surface area (Å²) in [5.74, 6) is 1.19. The van der Waals surface area contributed by atoms with E-state index in [0.29, 0.717) is 40.4 Å². The van der Waals surface area contributed by atoms with Crippen molar-refractivity contribution >= 4 is 39.9 Å². The maximum absolute atomic E-state index is 12.5. The Balaban J connectivity index is 1.64. The van der Waals surface area contributed by atoms with Crippen LogP contribution in [-0.2, 0) is 19.4 Å². The minimum atomic E-state index is -0.255. The van der Waals surface area contributed by atoms with Gasteiger partial charge in [0.2, 0.25) is 0 Å². The zero-order chi connectivity index (χ0) is 19.4. The van der Waals surface area contributed by atoms with Crippen LogP contribution in [0.1, 0.15) is 23.1 Å². The lowest BCUT2D eigenvalue weighted by molar-refractivity contribution is 0.289. The highest BCUT2D eigenvalue weighted by Gasteiger charge is 2.28. The topological polar surface area (TPSA) is 51.9 Å². The number of rotatable bonds is 2. The van der Waals surface area contributed by atoms with Crippen molar-refractivity contribution in [3.8, 4) is 11.5 Å². The van der Waals surface area contributed by atoms with E-state index in [1.54, 1.807) is 7.11 Å². The van der Waals surface area contributed by atoms with Gasteiger partial charge in [0.15, 0.2) is 6.73 Å². The Kier molecular flexibility index (Phi) is 4.18. The lowest BCUT2D eigenvalue weighted by Crippen LogP contribution is -2.32. The van der Waals surface area contributed by atoms with E-state index in [4.69, 9.17) is 37.1 Å². The molecular weight excluding hydrogens is 401 g/mol. The summed E-state index contributed by atoms with van der Waals surface area (Å²) in [5, 5.41) is 1.97. The summed E-state index contributed by atoms with van der Waals surface area (Å²) < 4.78 is 16.9. The third-order valence-electron chi connectivity index (χ3n) is 5.48. The number of fused-ring (bicyclic) bond motifs is 5. The van der Waals surface area contributed by atoms with Crippen LogP contribution in [0.2, 0.25) is 10.0 Å². The normalized spacial score (nSPS) is 15.3. The van der Waals surface area contributed by atoms with E-state index in [9.17, 15) is 4.79 Å². The average molecular weight is 418 g/mol. The molecule has 3 aromatic rings. The first-order valence-electron chi connectivity index (χ1n) is 9.08. The van der Waals surface area contributed by atoms with Crippen molar-refractivity contribution in [2.45, 2.75) is 25.8 Å². The number of aryl methyl sites for hydroxylation is 1. The Bertz CT molecular complexity index is 1170. The predicted molar refractivity (Wildman–Crippen MR) is 109 cm³/mol. The van der Waals surface area contributed by atoms with Gasteiger partial charge in [0.1, 0.15) is 17.1 Å². The fourth-order valence-corrected chi connectivity index (χ4v) is 4.65. The zero-order valence-electron chi connectivity index (χ0n) is 15.2. The number of anilines is 1. The second-order valence-electron chi connectivity index (χ2n) is 7.03. The largest absolute Gasteiger partial charge is 0.495 e. The molecule has 5 rings (SSSR count). The summed E-state index contributed by atoms with van der Waals surface area (Å²) in [6.45, 7) is 0.812. The molecule has 2 aromatic carbocycles. The van der Waals surface area contributed by atoms with Gasteiger partial charge in [-0.25, -0.2) is 4.79 Å². The van der Waals surface area contributed by atoms with Crippen LogP contribution < -0.4 is 20.0 Å². The number of halogens is 2. The van der Waals surface area contributed by atoms with Gasteiger partial charge in [-0.15, -0.1) is 0 Å². The molecule has 2 aliphatic rings. The van der Waals surface area contributed by atoms with Crippen LogP contribution in [-0.4, -0.2) is 13.8 Å². The highest BCUT2D eigenvalue weighted by molar-refractivity contribution is 6.33. The van der Waals surface area contributed by atoms with Gasteiger partial charge in [-0.3, -0.25) is 0 Å². The maximum Gasteiger partial charge on any atom is 0.339 e. The van der Waals surface area contributed by atoms with Crippen molar-refractivity contribution in [2.24, 2.45) is 0 Å². The zero-order valence-corrected chi connectivity index (χ0v) is 16.7. The Morgan fingerprint density at radius 2 is 1.89 bits per heavy atom. The average Bonchev–Trinajstić information content (AvgIpc) is 3.20. The van der Waals surface area contributed by atoms with Crippen LogP contribution in [0.5, 0.6) is 11.5 Å². The Morgan fingerprint density at radius 3 is 2.68 bits per heavy atom. The van der Waals surface area contributed by atoms with E-state index < -0.39 is 0 Å². The SMILES string of the molecule is COc1ccc(N2COc3c(Cl)cc4c5c(c(=O)oc4c3C2)CCC5)cc1Cl. The molecule has 7 heteroatoms. The standard InChI is InChI=1S/C21H17Cl2NO4/c1-26-18-6-5-11(7-16(18)22)24-9-15-19-14(8-17(23)20(15)27-10-24)12-3-2-4-13(12)21(25)28-19/h5-8H,2-4,9-10H2,1H3. The molecule has 0 bridgehead atoms. The fourth-order valence-electron chi connectivity index (χ4n) is 4.13. The molecule has 28 heavy (non-hydrogen) atoms. The number of nitrogens with zero attached hydrogens (tertiary/aromatic N) is 1. The van der Waals surface area contributed by atoms with Gasteiger partial charge in [0.05, 0.1) is 29.3 Å². The third-order valence-corrected chi connectivity index (χ3v) is 6.06. The lowest BCUT2D eigenvalue weighted by atomic mass is 10.0. The first-order valence-corrected chi connectivity index (χ1v) is 9.83. The van der Waals surface area contributed by atoms with Crippen LogP contribution in [0.15, 0.2) is 33.5 Å². The lowest BCUT2D eigenvalue weighted by Gasteiger charge is -2.32. The Morgan fingerprint density at radius 1 is 1.07 bits per heavy atom. The minimum absolute atomic E-state index is 0.255. The van der Waals surface area contributed by atoms with Crippen LogP contribution in [0, 0.1) is 0 Å². The Hall–Kier alpha value is -2.37. The molecular formula is C21H17Cl2NO4. The number of hydrogen-bond acceptors (Lipinski definition) is 5. The highest BCUT2D eigenvalue weighted by atomic mass is 35.5. The van der Waals surface area contributed by atoms with Crippen molar-refractivity contribution < 1.29 is 13.9 Å². The molecule has 1 aliphatic carbocycles. The predicted octanol–water partition coefficient (Wildman–Crippen LogP) is 4.95. The van der Waals surface area contributed by atoms with E-state index in [-0.39, 0.29) is 5.63 Å². The summed E-state index contributed by atoms with van der Waals surface area (Å²) in [6.07, 6.45) is 2.58. The Labute approximate surface area is 171 Å². The van der Waals surface area contributed by atoms with Crippen molar-refractivity contribution in [1.29, 1.82) is 0 Å². The van der Waals surface area contributed by atoms with Gasteiger partial charge >= 0.3 is 5.63 Å². The van der Waals surface area contributed by atoms with E-state index >= 15 is 0 Å². The second-order valence-corrected chi connectivity index (χ2v) is 7.85. The summed E-state index contributed by atoms with van der Waals surface area (Å²) in [6, 6.07) is 7.42. The monoisotopic (exact) mass is 417 g/mol. The van der Waals surface area contributed by atoms with Crippen LogP contribution in [0.3, 0.4) is 0 Å². The molecule has 1 aromatic heterocycles. The van der Waals surface area contributed by atoms with Gasteiger partial charge in [-0.05, 0) is 49.1 Å². The number of methoxy groups -OCH3 is 1. The van der Waals surface area contributed by atoms with Crippen molar-refractivity contribution in [1.82, 2.24) is 0 Å². The number of ether oxygens (including phenoxy) is 2. The first-order chi connectivity index (χ1) is 13.6. The van der Waals surface area contributed by atoms with Crippen molar-refractivity contribution in [2.75, 3.05) is 18.7 Å². The highest BCUT2D eigenvalue weighted by Crippen LogP contribution is 2.42. The molecule has 0 N–H and O–H groups in total. The van der Waals surface area contributed by atoms with Gasteiger partial charge in [0.25, 0.3) is 0 Å². The smallest absolute Gasteiger partial charge is 0.339 e. The summed E-state index contributed by atoms with van der Waals surface area (Å²) in [4.78, 5) is 14.5. The molecule has 2 heterocycles. The van der Waals surface area contributed by atoms with E-state index in [2.05, 4.69) is 0 Å². The van der Waals surface area contributed by atoms with Gasteiger partial charge < -0.3 is 18.8 Å². The summed E-state index contributed by atoms with van der Waals surface area (Å²) in [7, 11) is 1.58. The first kappa shape index (κ1) is 17.7. The van der Waals surface area contributed by atoms with Gasteiger partial charge in [-0.1, -0.05) is 23.2 Å². The molecule has 0 radical (unpaired) electrons. The van der Waals surface area contributed by atoms with E-state index in [1.807, 2.05) is 29.2 Å². The van der Waals surface area contributed by atoms with Gasteiger partial charge in [-0.2, -0.15) is 0 Å². The van der Waals surface area contributed by atoms with Crippen molar-refractivity contribution in [3.05, 3.63) is 61.4 Å². The van der Waals surface area contributed by atoms with Crippen molar-refractivity contribution in [3.63, 3.8) is 0 Å². The second kappa shape index (κ2) is 6.61. The quantitative estimate of drug-likeness (QED) is 0.551. The summed E-state index contributed by atoms with van der Waals surface area (Å²) in [5.41, 5.74) is 3.81. The molecule has 0 atom stereocenters. The number of benzene rings is 2. The van der Waals surface area contributed by atoms with Crippen LogP contribution >= 0.6 is 23.2 Å². The fraction of sp³-hybridized carbons (Fsp3) is 0.286. The van der Waals surface area contributed by atoms with Crippen LogP contribution in [0.4, 0.5) is 5.69 Å². The molecule has 5 nitrogen and oxygen atoms in total.